The van der Waals surface area contributed by atoms with E-state index in [1.54, 1.807) is 40.8 Å². The van der Waals surface area contributed by atoms with Crippen LogP contribution < -0.4 is 5.56 Å². The summed E-state index contributed by atoms with van der Waals surface area (Å²) < 4.78 is 2.05. The van der Waals surface area contributed by atoms with E-state index in [1.165, 1.54) is 16.2 Å². The van der Waals surface area contributed by atoms with Gasteiger partial charge in [0, 0.05) is 27.2 Å². The lowest BCUT2D eigenvalue weighted by atomic mass is 10.2. The lowest BCUT2D eigenvalue weighted by Crippen LogP contribution is -2.12. The van der Waals surface area contributed by atoms with Crippen LogP contribution in [0.3, 0.4) is 0 Å². The van der Waals surface area contributed by atoms with Gasteiger partial charge in [0.2, 0.25) is 0 Å². The van der Waals surface area contributed by atoms with Gasteiger partial charge in [-0.25, -0.2) is 4.98 Å². The summed E-state index contributed by atoms with van der Waals surface area (Å²) in [7, 11) is 0. The molecule has 5 heterocycles. The maximum Gasteiger partial charge on any atom is 0.260 e. The summed E-state index contributed by atoms with van der Waals surface area (Å²) in [6, 6.07) is 8.23. The van der Waals surface area contributed by atoms with Crippen LogP contribution in [-0.2, 0) is 13.0 Å². The normalized spacial score (nSPS) is 12.6. The first-order valence-electron chi connectivity index (χ1n) is 9.31. The van der Waals surface area contributed by atoms with Crippen molar-refractivity contribution in [2.45, 2.75) is 30.3 Å². The Hall–Kier alpha value is -2.27. The van der Waals surface area contributed by atoms with Crippen molar-refractivity contribution in [1.29, 1.82) is 0 Å². The fraction of sp³-hybridized carbons (Fsp3) is 0.200. The number of thioether (sulfide) groups is 1. The van der Waals surface area contributed by atoms with E-state index in [4.69, 9.17) is 4.98 Å². The van der Waals surface area contributed by atoms with Crippen molar-refractivity contribution in [2.75, 3.05) is 0 Å². The molecule has 0 aliphatic carbocycles. The maximum absolute atomic E-state index is 12.9. The van der Waals surface area contributed by atoms with Gasteiger partial charge in [0.05, 0.1) is 10.6 Å². The van der Waals surface area contributed by atoms with Crippen LogP contribution in [0.15, 0.2) is 56.7 Å². The van der Waals surface area contributed by atoms with Crippen LogP contribution in [0.4, 0.5) is 0 Å². The molecule has 0 aromatic carbocycles. The van der Waals surface area contributed by atoms with Gasteiger partial charge in [-0.15, -0.1) is 44.2 Å². The van der Waals surface area contributed by atoms with Gasteiger partial charge >= 0.3 is 0 Å². The Labute approximate surface area is 188 Å². The van der Waals surface area contributed by atoms with Crippen LogP contribution in [0.25, 0.3) is 20.7 Å². The number of aromatic amines is 1. The molecule has 5 rings (SSSR count). The molecule has 0 spiro atoms. The van der Waals surface area contributed by atoms with Crippen LogP contribution in [0.2, 0.25) is 0 Å². The molecule has 5 aromatic heterocycles. The lowest BCUT2D eigenvalue weighted by molar-refractivity contribution is 0.636. The van der Waals surface area contributed by atoms with E-state index in [0.29, 0.717) is 11.2 Å². The Morgan fingerprint density at radius 3 is 2.87 bits per heavy atom. The maximum atomic E-state index is 12.9. The molecule has 0 radical (unpaired) electrons. The van der Waals surface area contributed by atoms with Gasteiger partial charge in [0.15, 0.2) is 5.16 Å². The zero-order valence-corrected chi connectivity index (χ0v) is 19.2. The second-order valence-electron chi connectivity index (χ2n) is 6.65. The average molecular weight is 472 g/mol. The monoisotopic (exact) mass is 471 g/mol. The first-order chi connectivity index (χ1) is 14.7. The summed E-state index contributed by atoms with van der Waals surface area (Å²) in [5.41, 5.74) is 0.866. The third-order valence-corrected chi connectivity index (χ3v) is 8.49. The molecule has 0 amide bonds. The molecule has 6 nitrogen and oxygen atoms in total. The molecule has 0 aliphatic heterocycles. The van der Waals surface area contributed by atoms with Gasteiger partial charge in [0.25, 0.3) is 5.56 Å². The van der Waals surface area contributed by atoms with Crippen molar-refractivity contribution in [3.05, 3.63) is 67.8 Å². The molecular weight excluding hydrogens is 455 g/mol. The highest BCUT2D eigenvalue weighted by atomic mass is 32.2. The predicted molar refractivity (Wildman–Crippen MR) is 126 cm³/mol. The molecule has 1 N–H and O–H groups in total. The highest BCUT2D eigenvalue weighted by molar-refractivity contribution is 7.99. The van der Waals surface area contributed by atoms with Crippen LogP contribution in [-0.4, -0.2) is 24.7 Å². The van der Waals surface area contributed by atoms with Crippen LogP contribution in [0.1, 0.15) is 22.9 Å². The van der Waals surface area contributed by atoms with Gasteiger partial charge in [-0.05, 0) is 36.2 Å². The van der Waals surface area contributed by atoms with Gasteiger partial charge in [-0.2, -0.15) is 0 Å². The van der Waals surface area contributed by atoms with E-state index in [2.05, 4.69) is 37.3 Å². The average Bonchev–Trinajstić information content (AvgIpc) is 3.53. The lowest BCUT2D eigenvalue weighted by Gasteiger charge is -2.11. The Morgan fingerprint density at radius 2 is 2.07 bits per heavy atom. The largest absolute Gasteiger partial charge is 0.309 e. The minimum absolute atomic E-state index is 0.0564. The SMILES string of the molecule is CC(Sc1nncn1CCc1cccs1)c1nc2scc(-c3cccs3)c2c(=O)[nH]1. The molecule has 0 aliphatic rings. The summed E-state index contributed by atoms with van der Waals surface area (Å²) in [5, 5.41) is 15.9. The smallest absolute Gasteiger partial charge is 0.260 e. The molecule has 30 heavy (non-hydrogen) atoms. The van der Waals surface area contributed by atoms with E-state index in [1.807, 2.05) is 29.8 Å². The first kappa shape index (κ1) is 19.7. The number of hydrogen-bond donors (Lipinski definition) is 1. The second kappa shape index (κ2) is 8.46. The summed E-state index contributed by atoms with van der Waals surface area (Å²) in [6.45, 7) is 2.85. The predicted octanol–water partition coefficient (Wildman–Crippen LogP) is 5.46. The Kier molecular flexibility index (Phi) is 5.55. The fourth-order valence-electron chi connectivity index (χ4n) is 3.16. The van der Waals surface area contributed by atoms with Crippen molar-refractivity contribution < 1.29 is 0 Å². The molecule has 152 valence electrons. The van der Waals surface area contributed by atoms with Gasteiger partial charge < -0.3 is 9.55 Å². The van der Waals surface area contributed by atoms with Gasteiger partial charge in [-0.1, -0.05) is 23.9 Å². The summed E-state index contributed by atoms with van der Waals surface area (Å²) in [5.74, 6) is 0.657. The molecular formula is C20H17N5OS4. The first-order valence-corrected chi connectivity index (χ1v) is 12.8. The molecule has 10 heteroatoms. The molecule has 0 fully saturated rings. The van der Waals surface area contributed by atoms with Crippen molar-refractivity contribution in [1.82, 2.24) is 24.7 Å². The number of nitrogens with one attached hydrogen (secondary N) is 1. The van der Waals surface area contributed by atoms with Crippen molar-refractivity contribution in [2.24, 2.45) is 0 Å². The standard InChI is InChI=1S/C20H17N5OS4/c1-12(30-20-24-21-11-25(20)7-6-13-4-2-8-27-13)17-22-18(26)16-14(10-29-19(16)23-17)15-5-3-9-28-15/h2-5,8-12H,6-7H2,1H3,(H,22,23,26). The number of fused-ring (bicyclic) bond motifs is 1. The highest BCUT2D eigenvalue weighted by Gasteiger charge is 2.19. The minimum atomic E-state index is -0.0914. The fourth-order valence-corrected chi connectivity index (χ4v) is 6.53. The van der Waals surface area contributed by atoms with Crippen LogP contribution in [0.5, 0.6) is 0 Å². The van der Waals surface area contributed by atoms with Crippen LogP contribution >= 0.6 is 45.8 Å². The Morgan fingerprint density at radius 1 is 1.20 bits per heavy atom. The molecule has 1 unspecified atom stereocenters. The van der Waals surface area contributed by atoms with Crippen LogP contribution in [0, 0.1) is 0 Å². The Balaban J connectivity index is 1.38. The third-order valence-electron chi connectivity index (χ3n) is 4.68. The molecule has 0 saturated heterocycles. The van der Waals surface area contributed by atoms with Crippen molar-refractivity contribution in [3.8, 4) is 10.4 Å². The zero-order valence-electron chi connectivity index (χ0n) is 15.9. The number of hydrogen-bond acceptors (Lipinski definition) is 8. The molecule has 1 atom stereocenters. The molecule has 0 bridgehead atoms. The quantitative estimate of drug-likeness (QED) is 0.319. The number of aromatic nitrogens is 5. The van der Waals surface area contributed by atoms with Crippen molar-refractivity contribution >= 4 is 56.0 Å². The number of H-pyrrole nitrogens is 1. The molecule has 5 aromatic rings. The second-order valence-corrected chi connectivity index (χ2v) is 10.8. The van der Waals surface area contributed by atoms with E-state index in [9.17, 15) is 4.79 Å². The number of aryl methyl sites for hydroxylation is 2. The summed E-state index contributed by atoms with van der Waals surface area (Å²) in [4.78, 5) is 23.8. The highest BCUT2D eigenvalue weighted by Crippen LogP contribution is 2.36. The minimum Gasteiger partial charge on any atom is -0.309 e. The summed E-state index contributed by atoms with van der Waals surface area (Å²) >= 11 is 6.45. The zero-order chi connectivity index (χ0) is 20.5. The third kappa shape index (κ3) is 3.87. The number of nitrogens with zero attached hydrogens (tertiary/aromatic N) is 4. The van der Waals surface area contributed by atoms with E-state index >= 15 is 0 Å². The Bertz CT molecular complexity index is 1320. The summed E-state index contributed by atoms with van der Waals surface area (Å²) in [6.07, 6.45) is 2.70. The topological polar surface area (TPSA) is 76.5 Å². The van der Waals surface area contributed by atoms with E-state index in [0.717, 1.165) is 33.4 Å². The van der Waals surface area contributed by atoms with Gasteiger partial charge in [0.1, 0.15) is 17.0 Å². The van der Waals surface area contributed by atoms with Crippen molar-refractivity contribution in [3.63, 3.8) is 0 Å². The van der Waals surface area contributed by atoms with E-state index < -0.39 is 0 Å². The van der Waals surface area contributed by atoms with Gasteiger partial charge in [-0.3, -0.25) is 4.79 Å². The number of thiophene rings is 3. The van der Waals surface area contributed by atoms with E-state index in [-0.39, 0.29) is 10.8 Å². The number of rotatable bonds is 7. The molecule has 0 saturated carbocycles.